The van der Waals surface area contributed by atoms with Crippen molar-refractivity contribution in [1.82, 2.24) is 19.5 Å². The van der Waals surface area contributed by atoms with Crippen molar-refractivity contribution in [1.29, 1.82) is 0 Å². The largest absolute Gasteiger partial charge is 0.335 e. The molecule has 0 aliphatic carbocycles. The number of fused-ring (bicyclic) bond motifs is 1. The Kier molecular flexibility index (Phi) is 3.20. The number of hydrogen-bond acceptors (Lipinski definition) is 4. The Balaban J connectivity index is 2.30. The summed E-state index contributed by atoms with van der Waals surface area (Å²) in [6.07, 6.45) is 6.42. The monoisotopic (exact) mass is 267 g/mol. The van der Waals surface area contributed by atoms with Gasteiger partial charge in [-0.05, 0) is 24.1 Å². The Hall–Kier alpha value is -2.27. The van der Waals surface area contributed by atoms with E-state index in [-0.39, 0.29) is 0 Å². The molecule has 0 saturated carbocycles. The van der Waals surface area contributed by atoms with Crippen LogP contribution in [0.4, 0.5) is 0 Å². The van der Waals surface area contributed by atoms with E-state index < -0.39 is 0 Å². The summed E-state index contributed by atoms with van der Waals surface area (Å²) in [7, 11) is 1.99. The molecule has 0 saturated heterocycles. The maximum Gasteiger partial charge on any atom is 0.163 e. The van der Waals surface area contributed by atoms with Crippen molar-refractivity contribution in [3.8, 4) is 11.4 Å². The first-order chi connectivity index (χ1) is 9.74. The van der Waals surface area contributed by atoms with Crippen molar-refractivity contribution in [2.45, 2.75) is 19.9 Å². The molecule has 0 fully saturated rings. The van der Waals surface area contributed by atoms with Crippen molar-refractivity contribution in [2.24, 2.45) is 12.8 Å². The van der Waals surface area contributed by atoms with Crippen LogP contribution in [0.15, 0.2) is 30.7 Å². The molecule has 0 bridgehead atoms. The lowest BCUT2D eigenvalue weighted by Gasteiger charge is -2.06. The van der Waals surface area contributed by atoms with E-state index in [1.54, 1.807) is 12.4 Å². The van der Waals surface area contributed by atoms with Crippen LogP contribution in [0.5, 0.6) is 0 Å². The van der Waals surface area contributed by atoms with Gasteiger partial charge in [-0.25, -0.2) is 9.97 Å². The standard InChI is InChI=1S/C15H17N5/c1-3-12-13-11(7-16)9-20(2)15(13)19-14(18-12)10-5-4-6-17-8-10/h4-6,8-9H,3,7,16H2,1-2H3. The van der Waals surface area contributed by atoms with Gasteiger partial charge in [0.1, 0.15) is 5.65 Å². The van der Waals surface area contributed by atoms with Gasteiger partial charge in [0.15, 0.2) is 5.82 Å². The highest BCUT2D eigenvalue weighted by Gasteiger charge is 2.14. The van der Waals surface area contributed by atoms with E-state index in [0.717, 1.165) is 34.3 Å². The number of aromatic nitrogens is 4. The molecule has 102 valence electrons. The van der Waals surface area contributed by atoms with Gasteiger partial charge in [-0.3, -0.25) is 4.98 Å². The molecule has 0 atom stereocenters. The third kappa shape index (κ3) is 1.96. The van der Waals surface area contributed by atoms with Gasteiger partial charge in [-0.15, -0.1) is 0 Å². The summed E-state index contributed by atoms with van der Waals surface area (Å²) in [5, 5.41) is 1.09. The van der Waals surface area contributed by atoms with Gasteiger partial charge >= 0.3 is 0 Å². The van der Waals surface area contributed by atoms with E-state index in [4.69, 9.17) is 10.7 Å². The Morgan fingerprint density at radius 3 is 2.80 bits per heavy atom. The fourth-order valence-corrected chi connectivity index (χ4v) is 2.47. The predicted molar refractivity (Wildman–Crippen MR) is 79.0 cm³/mol. The second-order valence-electron chi connectivity index (χ2n) is 4.76. The lowest BCUT2D eigenvalue weighted by Crippen LogP contribution is -2.01. The maximum atomic E-state index is 5.82. The van der Waals surface area contributed by atoms with E-state index in [1.807, 2.05) is 29.9 Å². The van der Waals surface area contributed by atoms with Crippen LogP contribution in [0.1, 0.15) is 18.2 Å². The summed E-state index contributed by atoms with van der Waals surface area (Å²) in [6, 6.07) is 3.87. The first-order valence-corrected chi connectivity index (χ1v) is 6.69. The minimum absolute atomic E-state index is 0.500. The van der Waals surface area contributed by atoms with Crippen molar-refractivity contribution < 1.29 is 0 Å². The summed E-state index contributed by atoms with van der Waals surface area (Å²) in [6.45, 7) is 2.60. The van der Waals surface area contributed by atoms with Gasteiger partial charge < -0.3 is 10.3 Å². The molecule has 0 aromatic carbocycles. The quantitative estimate of drug-likeness (QED) is 0.788. The molecular formula is C15H17N5. The van der Waals surface area contributed by atoms with Crippen molar-refractivity contribution in [2.75, 3.05) is 0 Å². The third-order valence-electron chi connectivity index (χ3n) is 3.44. The normalized spacial score (nSPS) is 11.2. The van der Waals surface area contributed by atoms with Crippen LogP contribution < -0.4 is 5.73 Å². The van der Waals surface area contributed by atoms with Gasteiger partial charge in [0.2, 0.25) is 0 Å². The van der Waals surface area contributed by atoms with E-state index in [9.17, 15) is 0 Å². The number of pyridine rings is 1. The minimum Gasteiger partial charge on any atom is -0.335 e. The lowest BCUT2D eigenvalue weighted by molar-refractivity contribution is 0.928. The molecule has 3 aromatic rings. The highest BCUT2D eigenvalue weighted by Crippen LogP contribution is 2.25. The number of nitrogens with zero attached hydrogens (tertiary/aromatic N) is 4. The van der Waals surface area contributed by atoms with Crippen molar-refractivity contribution >= 4 is 11.0 Å². The summed E-state index contributed by atoms with van der Waals surface area (Å²) in [5.41, 5.74) is 9.81. The number of rotatable bonds is 3. The molecule has 0 unspecified atom stereocenters. The lowest BCUT2D eigenvalue weighted by atomic mass is 10.1. The molecule has 0 radical (unpaired) electrons. The minimum atomic E-state index is 0.500. The van der Waals surface area contributed by atoms with Gasteiger partial charge in [0.25, 0.3) is 0 Å². The molecule has 0 aliphatic rings. The van der Waals surface area contributed by atoms with Crippen LogP contribution >= 0.6 is 0 Å². The van der Waals surface area contributed by atoms with E-state index in [0.29, 0.717) is 12.4 Å². The maximum absolute atomic E-state index is 5.82. The second kappa shape index (κ2) is 5.02. The van der Waals surface area contributed by atoms with Crippen LogP contribution in [-0.2, 0) is 20.0 Å². The molecule has 0 aliphatic heterocycles. The molecule has 5 heteroatoms. The van der Waals surface area contributed by atoms with Gasteiger partial charge in [-0.1, -0.05) is 6.92 Å². The van der Waals surface area contributed by atoms with Gasteiger partial charge in [-0.2, -0.15) is 0 Å². The average Bonchev–Trinajstić information content (AvgIpc) is 2.84. The molecule has 0 amide bonds. The zero-order valence-corrected chi connectivity index (χ0v) is 11.7. The molecule has 3 aromatic heterocycles. The van der Waals surface area contributed by atoms with Crippen molar-refractivity contribution in [3.05, 3.63) is 42.0 Å². The van der Waals surface area contributed by atoms with Crippen LogP contribution in [0.3, 0.4) is 0 Å². The highest BCUT2D eigenvalue weighted by molar-refractivity contribution is 5.84. The second-order valence-corrected chi connectivity index (χ2v) is 4.76. The van der Waals surface area contributed by atoms with Gasteiger partial charge in [0, 0.05) is 43.1 Å². The summed E-state index contributed by atoms with van der Waals surface area (Å²) in [4.78, 5) is 13.5. The summed E-state index contributed by atoms with van der Waals surface area (Å²) < 4.78 is 2.01. The SMILES string of the molecule is CCc1nc(-c2cccnc2)nc2c1c(CN)cn2C. The smallest absolute Gasteiger partial charge is 0.163 e. The molecule has 5 nitrogen and oxygen atoms in total. The summed E-state index contributed by atoms with van der Waals surface area (Å²) >= 11 is 0. The number of nitrogens with two attached hydrogens (primary N) is 1. The van der Waals surface area contributed by atoms with Crippen LogP contribution in [0.25, 0.3) is 22.4 Å². The van der Waals surface area contributed by atoms with E-state index in [2.05, 4.69) is 16.9 Å². The molecule has 3 rings (SSSR count). The van der Waals surface area contributed by atoms with Gasteiger partial charge in [0.05, 0.1) is 5.69 Å². The zero-order chi connectivity index (χ0) is 14.1. The first-order valence-electron chi connectivity index (χ1n) is 6.69. The fraction of sp³-hybridized carbons (Fsp3) is 0.267. The van der Waals surface area contributed by atoms with Crippen LogP contribution in [-0.4, -0.2) is 19.5 Å². The Labute approximate surface area is 117 Å². The van der Waals surface area contributed by atoms with E-state index >= 15 is 0 Å². The molecule has 3 heterocycles. The Morgan fingerprint density at radius 1 is 1.30 bits per heavy atom. The average molecular weight is 267 g/mol. The molecular weight excluding hydrogens is 250 g/mol. The van der Waals surface area contributed by atoms with Crippen LogP contribution in [0.2, 0.25) is 0 Å². The topological polar surface area (TPSA) is 69.6 Å². The Morgan fingerprint density at radius 2 is 2.15 bits per heavy atom. The highest BCUT2D eigenvalue weighted by atomic mass is 15.0. The number of aryl methyl sites for hydroxylation is 2. The molecule has 0 spiro atoms. The fourth-order valence-electron chi connectivity index (χ4n) is 2.47. The first kappa shape index (κ1) is 12.7. The summed E-state index contributed by atoms with van der Waals surface area (Å²) in [5.74, 6) is 0.715. The zero-order valence-electron chi connectivity index (χ0n) is 11.7. The Bertz CT molecular complexity index is 746. The predicted octanol–water partition coefficient (Wildman–Crippen LogP) is 2.05. The van der Waals surface area contributed by atoms with Crippen molar-refractivity contribution in [3.63, 3.8) is 0 Å². The number of hydrogen-bond donors (Lipinski definition) is 1. The van der Waals surface area contributed by atoms with Crippen LogP contribution in [0, 0.1) is 0 Å². The molecule has 20 heavy (non-hydrogen) atoms. The third-order valence-corrected chi connectivity index (χ3v) is 3.44. The molecule has 2 N–H and O–H groups in total. The van der Waals surface area contributed by atoms with E-state index in [1.165, 1.54) is 0 Å².